The van der Waals surface area contributed by atoms with Gasteiger partial charge < -0.3 is 20.1 Å². The van der Waals surface area contributed by atoms with Crippen molar-refractivity contribution < 1.29 is 19.1 Å². The van der Waals surface area contributed by atoms with E-state index in [-0.39, 0.29) is 12.6 Å². The molecule has 0 radical (unpaired) electrons. The number of ether oxygens (including phenoxy) is 2. The van der Waals surface area contributed by atoms with Crippen molar-refractivity contribution in [2.24, 2.45) is 0 Å². The van der Waals surface area contributed by atoms with E-state index >= 15 is 0 Å². The first-order chi connectivity index (χ1) is 15.6. The van der Waals surface area contributed by atoms with E-state index in [1.165, 1.54) is 0 Å². The summed E-state index contributed by atoms with van der Waals surface area (Å²) in [5, 5.41) is 5.52. The Labute approximate surface area is 186 Å². The number of carbonyl (C=O) groups excluding carboxylic acids is 2. The fourth-order valence-corrected chi connectivity index (χ4v) is 3.58. The predicted molar refractivity (Wildman–Crippen MR) is 121 cm³/mol. The lowest BCUT2D eigenvalue weighted by molar-refractivity contribution is -0.140. The van der Waals surface area contributed by atoms with Crippen molar-refractivity contribution in [2.45, 2.75) is 26.2 Å². The van der Waals surface area contributed by atoms with Crippen LogP contribution in [-0.4, -0.2) is 12.0 Å². The summed E-state index contributed by atoms with van der Waals surface area (Å²) in [6.45, 7) is 2.20. The smallest absolute Gasteiger partial charge is 0.338 e. The van der Waals surface area contributed by atoms with Crippen molar-refractivity contribution in [1.29, 1.82) is 0 Å². The molecule has 32 heavy (non-hydrogen) atoms. The summed E-state index contributed by atoms with van der Waals surface area (Å²) in [5.41, 5.74) is 3.39. The first-order valence-electron chi connectivity index (χ1n) is 10.4. The average molecular weight is 428 g/mol. The van der Waals surface area contributed by atoms with E-state index in [2.05, 4.69) is 10.6 Å². The van der Waals surface area contributed by atoms with E-state index in [1.54, 1.807) is 6.92 Å². The summed E-state index contributed by atoms with van der Waals surface area (Å²) in [4.78, 5) is 25.3. The Bertz CT molecular complexity index is 1130. The van der Waals surface area contributed by atoms with Crippen molar-refractivity contribution in [3.05, 3.63) is 113 Å². The van der Waals surface area contributed by atoms with Crippen LogP contribution in [0, 0.1) is 0 Å². The highest BCUT2D eigenvalue weighted by molar-refractivity contribution is 5.95. The zero-order valence-corrected chi connectivity index (χ0v) is 17.7. The number of hydrogen-bond donors (Lipinski definition) is 2. The summed E-state index contributed by atoms with van der Waals surface area (Å²) in [6.07, 6.45) is 0. The Balaban J connectivity index is 1.58. The third kappa shape index (κ3) is 4.98. The largest absolute Gasteiger partial charge is 0.489 e. The normalized spacial score (nSPS) is 15.5. The molecule has 4 rings (SSSR count). The molecule has 0 saturated heterocycles. The summed E-state index contributed by atoms with van der Waals surface area (Å²) in [6, 6.07) is 25.6. The van der Waals surface area contributed by atoms with E-state index in [1.807, 2.05) is 84.9 Å². The number of allylic oxidation sites excluding steroid dienone is 1. The molecule has 0 saturated carbocycles. The van der Waals surface area contributed by atoms with Gasteiger partial charge in [-0.05, 0) is 24.1 Å². The predicted octanol–water partition coefficient (Wildman–Crippen LogP) is 4.64. The van der Waals surface area contributed by atoms with Gasteiger partial charge in [-0.15, -0.1) is 0 Å². The van der Waals surface area contributed by atoms with Crippen molar-refractivity contribution in [1.82, 2.24) is 10.6 Å². The van der Waals surface area contributed by atoms with E-state index in [0.29, 0.717) is 29.2 Å². The molecule has 0 aromatic heterocycles. The highest BCUT2D eigenvalue weighted by Gasteiger charge is 2.34. The molecule has 0 fully saturated rings. The number of carbonyl (C=O) groups is 2. The Morgan fingerprint density at radius 1 is 0.844 bits per heavy atom. The quantitative estimate of drug-likeness (QED) is 0.538. The molecule has 6 heteroatoms. The first-order valence-corrected chi connectivity index (χ1v) is 10.4. The number of benzene rings is 3. The van der Waals surface area contributed by atoms with Crippen molar-refractivity contribution in [3.63, 3.8) is 0 Å². The number of rotatable bonds is 7. The molecule has 0 spiro atoms. The van der Waals surface area contributed by atoms with E-state index < -0.39 is 12.0 Å². The molecule has 162 valence electrons. The number of urea groups is 1. The minimum absolute atomic E-state index is 0.142. The van der Waals surface area contributed by atoms with Crippen LogP contribution in [0.15, 0.2) is 96.2 Å². The first kappa shape index (κ1) is 21.2. The maximum absolute atomic E-state index is 13.1. The summed E-state index contributed by atoms with van der Waals surface area (Å²) in [5.74, 6) is 0.0893. The van der Waals surface area contributed by atoms with Crippen LogP contribution >= 0.6 is 0 Å². The van der Waals surface area contributed by atoms with Gasteiger partial charge in [0.05, 0.1) is 11.6 Å². The molecule has 1 heterocycles. The van der Waals surface area contributed by atoms with E-state index in [9.17, 15) is 9.59 Å². The van der Waals surface area contributed by atoms with E-state index in [4.69, 9.17) is 9.47 Å². The van der Waals surface area contributed by atoms with Gasteiger partial charge in [-0.1, -0.05) is 78.9 Å². The van der Waals surface area contributed by atoms with Crippen LogP contribution in [0.1, 0.15) is 29.7 Å². The molecule has 1 aliphatic heterocycles. The number of nitrogens with one attached hydrogen (secondary N) is 2. The maximum Gasteiger partial charge on any atom is 0.338 e. The van der Waals surface area contributed by atoms with Crippen molar-refractivity contribution >= 4 is 12.0 Å². The van der Waals surface area contributed by atoms with Gasteiger partial charge in [0.15, 0.2) is 0 Å². The number of para-hydroxylation sites is 1. The number of hydrogen-bond acceptors (Lipinski definition) is 4. The molecular formula is C26H24N2O4. The van der Waals surface area contributed by atoms with Gasteiger partial charge in [0.1, 0.15) is 19.0 Å². The highest BCUT2D eigenvalue weighted by Crippen LogP contribution is 2.34. The number of esters is 1. The van der Waals surface area contributed by atoms with Gasteiger partial charge in [-0.3, -0.25) is 0 Å². The van der Waals surface area contributed by atoms with Gasteiger partial charge >= 0.3 is 12.0 Å². The van der Waals surface area contributed by atoms with E-state index in [0.717, 1.165) is 11.1 Å². The molecular weight excluding hydrogens is 404 g/mol. The van der Waals surface area contributed by atoms with Crippen LogP contribution in [0.5, 0.6) is 5.75 Å². The third-order valence-electron chi connectivity index (χ3n) is 5.17. The van der Waals surface area contributed by atoms with Crippen LogP contribution in [0.4, 0.5) is 4.79 Å². The van der Waals surface area contributed by atoms with Crippen molar-refractivity contribution in [3.8, 4) is 5.75 Å². The fraction of sp³-hybridized carbons (Fsp3) is 0.154. The summed E-state index contributed by atoms with van der Waals surface area (Å²) < 4.78 is 11.6. The number of amides is 2. The fourth-order valence-electron chi connectivity index (χ4n) is 3.58. The minimum Gasteiger partial charge on any atom is -0.489 e. The van der Waals surface area contributed by atoms with Crippen LogP contribution in [-0.2, 0) is 22.7 Å². The Hall–Kier alpha value is -4.06. The molecule has 3 aromatic carbocycles. The zero-order chi connectivity index (χ0) is 22.3. The Morgan fingerprint density at radius 3 is 2.12 bits per heavy atom. The Morgan fingerprint density at radius 2 is 1.44 bits per heavy atom. The van der Waals surface area contributed by atoms with Crippen LogP contribution in [0.3, 0.4) is 0 Å². The van der Waals surface area contributed by atoms with Crippen molar-refractivity contribution in [2.75, 3.05) is 0 Å². The summed E-state index contributed by atoms with van der Waals surface area (Å²) in [7, 11) is 0. The second-order valence-corrected chi connectivity index (χ2v) is 7.44. The molecule has 0 aliphatic carbocycles. The second-order valence-electron chi connectivity index (χ2n) is 7.44. The SMILES string of the molecule is CC1=C(C(=O)OCc2ccccc2)[C@H](c2ccccc2OCc2ccccc2)NC(=O)N1. The Kier molecular flexibility index (Phi) is 6.51. The molecule has 1 aliphatic rings. The molecule has 1 atom stereocenters. The topological polar surface area (TPSA) is 76.7 Å². The van der Waals surface area contributed by atoms with Gasteiger partial charge in [0, 0.05) is 11.3 Å². The maximum atomic E-state index is 13.1. The molecule has 3 aromatic rings. The monoisotopic (exact) mass is 428 g/mol. The molecule has 2 amide bonds. The highest BCUT2D eigenvalue weighted by atomic mass is 16.5. The average Bonchev–Trinajstić information content (AvgIpc) is 2.82. The van der Waals surface area contributed by atoms with Gasteiger partial charge in [-0.2, -0.15) is 0 Å². The zero-order valence-electron chi connectivity index (χ0n) is 17.7. The van der Waals surface area contributed by atoms with Gasteiger partial charge in [0.25, 0.3) is 0 Å². The standard InChI is InChI=1S/C26H24N2O4/c1-18-23(25(29)32-17-20-12-6-3-7-13-20)24(28-26(30)27-18)21-14-8-9-15-22(21)31-16-19-10-4-2-5-11-19/h2-15,24H,16-17H2,1H3,(H2,27,28,30)/t24-/m0/s1. The summed E-state index contributed by atoms with van der Waals surface area (Å²) >= 11 is 0. The molecule has 0 unspecified atom stereocenters. The molecule has 6 nitrogen and oxygen atoms in total. The minimum atomic E-state index is -0.695. The molecule has 2 N–H and O–H groups in total. The second kappa shape index (κ2) is 9.83. The lowest BCUT2D eigenvalue weighted by atomic mass is 9.95. The lowest BCUT2D eigenvalue weighted by Gasteiger charge is -2.29. The van der Waals surface area contributed by atoms with Crippen LogP contribution < -0.4 is 15.4 Å². The third-order valence-corrected chi connectivity index (χ3v) is 5.17. The molecule has 0 bridgehead atoms. The van der Waals surface area contributed by atoms with Gasteiger partial charge in [-0.25, -0.2) is 9.59 Å². The van der Waals surface area contributed by atoms with Crippen LogP contribution in [0.25, 0.3) is 0 Å². The van der Waals surface area contributed by atoms with Crippen LogP contribution in [0.2, 0.25) is 0 Å². The lowest BCUT2D eigenvalue weighted by Crippen LogP contribution is -2.45. The van der Waals surface area contributed by atoms with Gasteiger partial charge in [0.2, 0.25) is 0 Å².